The van der Waals surface area contributed by atoms with Crippen molar-refractivity contribution in [1.82, 2.24) is 16.0 Å². The van der Waals surface area contributed by atoms with Crippen LogP contribution >= 0.6 is 0 Å². The van der Waals surface area contributed by atoms with Crippen molar-refractivity contribution in [1.29, 1.82) is 0 Å². The number of nitrogens with one attached hydrogen (secondary N) is 3. The topological polar surface area (TPSA) is 74.8 Å². The Morgan fingerprint density at radius 1 is 1.29 bits per heavy atom. The molecule has 0 spiro atoms. The molecule has 0 atom stereocenters. The predicted octanol–water partition coefficient (Wildman–Crippen LogP) is 0.253. The van der Waals surface area contributed by atoms with Crippen LogP contribution in [0.5, 0.6) is 0 Å². The van der Waals surface area contributed by atoms with E-state index in [-0.39, 0.29) is 24.8 Å². The minimum Gasteiger partial charge on any atom is -0.383 e. The smallest absolute Gasteiger partial charge is 0.239 e. The van der Waals surface area contributed by atoms with Gasteiger partial charge in [-0.25, -0.2) is 4.39 Å². The number of benzene rings is 1. The van der Waals surface area contributed by atoms with Gasteiger partial charge in [0, 0.05) is 32.8 Å². The van der Waals surface area contributed by atoms with Crippen molar-refractivity contribution in [3.63, 3.8) is 0 Å². The fourth-order valence-corrected chi connectivity index (χ4v) is 1.56. The van der Waals surface area contributed by atoms with E-state index in [1.54, 1.807) is 32.4 Å². The maximum Gasteiger partial charge on any atom is 0.239 e. The number of aliphatic imine (C=N–C) groups is 1. The molecule has 1 rings (SSSR count). The molecule has 0 aliphatic carbocycles. The van der Waals surface area contributed by atoms with Gasteiger partial charge in [0.1, 0.15) is 5.82 Å². The number of rotatable bonds is 7. The Balaban J connectivity index is 2.33. The van der Waals surface area contributed by atoms with Crippen LogP contribution in [-0.2, 0) is 16.1 Å². The molecule has 21 heavy (non-hydrogen) atoms. The van der Waals surface area contributed by atoms with E-state index >= 15 is 0 Å². The fraction of sp³-hybridized carbons (Fsp3) is 0.429. The lowest BCUT2D eigenvalue weighted by atomic mass is 10.2. The molecule has 3 N–H and O–H groups in total. The molecule has 1 aromatic carbocycles. The van der Waals surface area contributed by atoms with E-state index in [2.05, 4.69) is 20.9 Å². The second-order valence-electron chi connectivity index (χ2n) is 4.21. The highest BCUT2D eigenvalue weighted by molar-refractivity contribution is 5.86. The molecular weight excluding hydrogens is 275 g/mol. The van der Waals surface area contributed by atoms with Crippen LogP contribution in [0.2, 0.25) is 0 Å². The first-order valence-corrected chi connectivity index (χ1v) is 6.61. The van der Waals surface area contributed by atoms with Gasteiger partial charge in [-0.15, -0.1) is 0 Å². The molecule has 1 amide bonds. The molecule has 0 saturated heterocycles. The lowest BCUT2D eigenvalue weighted by Gasteiger charge is -2.12. The normalized spacial score (nSPS) is 11.1. The second kappa shape index (κ2) is 9.71. The van der Waals surface area contributed by atoms with Crippen LogP contribution in [0, 0.1) is 5.82 Å². The molecule has 0 radical (unpaired) electrons. The van der Waals surface area contributed by atoms with Gasteiger partial charge in [-0.2, -0.15) is 0 Å². The van der Waals surface area contributed by atoms with Gasteiger partial charge < -0.3 is 20.7 Å². The van der Waals surface area contributed by atoms with Gasteiger partial charge in [-0.3, -0.25) is 9.79 Å². The zero-order valence-corrected chi connectivity index (χ0v) is 12.3. The van der Waals surface area contributed by atoms with E-state index in [1.165, 1.54) is 6.07 Å². The molecular formula is C14H21FN4O2. The number of carbonyl (C=O) groups excluding carboxylic acids is 1. The van der Waals surface area contributed by atoms with Crippen molar-refractivity contribution in [3.8, 4) is 0 Å². The monoisotopic (exact) mass is 296 g/mol. The predicted molar refractivity (Wildman–Crippen MR) is 79.5 cm³/mol. The highest BCUT2D eigenvalue weighted by Gasteiger charge is 2.04. The molecule has 0 aliphatic heterocycles. The third kappa shape index (κ3) is 6.71. The summed E-state index contributed by atoms with van der Waals surface area (Å²) in [6.45, 7) is 1.29. The Hall–Kier alpha value is -2.15. The van der Waals surface area contributed by atoms with Crippen LogP contribution < -0.4 is 16.0 Å². The molecule has 0 fully saturated rings. The van der Waals surface area contributed by atoms with E-state index < -0.39 is 0 Å². The Labute approximate surface area is 123 Å². The molecule has 1 aromatic rings. The number of methoxy groups -OCH3 is 1. The highest BCUT2D eigenvalue weighted by Crippen LogP contribution is 2.05. The van der Waals surface area contributed by atoms with E-state index in [9.17, 15) is 9.18 Å². The van der Waals surface area contributed by atoms with E-state index in [0.29, 0.717) is 24.7 Å². The molecule has 6 nitrogen and oxygen atoms in total. The Kier molecular flexibility index (Phi) is 7.81. The highest BCUT2D eigenvalue weighted by atomic mass is 19.1. The molecule has 0 aromatic heterocycles. The van der Waals surface area contributed by atoms with Gasteiger partial charge in [0.2, 0.25) is 5.91 Å². The fourth-order valence-electron chi connectivity index (χ4n) is 1.56. The molecule has 0 saturated carbocycles. The van der Waals surface area contributed by atoms with Crippen LogP contribution in [0.25, 0.3) is 0 Å². The van der Waals surface area contributed by atoms with Gasteiger partial charge >= 0.3 is 0 Å². The zero-order chi connectivity index (χ0) is 15.5. The number of carbonyl (C=O) groups is 1. The minimum atomic E-state index is -0.280. The molecule has 0 heterocycles. The van der Waals surface area contributed by atoms with Crippen LogP contribution in [0.15, 0.2) is 29.3 Å². The second-order valence-corrected chi connectivity index (χ2v) is 4.21. The number of ether oxygens (including phenoxy) is 1. The van der Waals surface area contributed by atoms with Crippen molar-refractivity contribution in [2.24, 2.45) is 4.99 Å². The molecule has 0 bridgehead atoms. The summed E-state index contributed by atoms with van der Waals surface area (Å²) in [6.07, 6.45) is 0. The van der Waals surface area contributed by atoms with Gasteiger partial charge in [-0.1, -0.05) is 18.2 Å². The number of hydrogen-bond acceptors (Lipinski definition) is 3. The van der Waals surface area contributed by atoms with Gasteiger partial charge in [0.05, 0.1) is 13.2 Å². The average molecular weight is 296 g/mol. The molecule has 0 unspecified atom stereocenters. The summed E-state index contributed by atoms with van der Waals surface area (Å²) >= 11 is 0. The largest absolute Gasteiger partial charge is 0.383 e. The van der Waals surface area contributed by atoms with E-state index in [1.807, 2.05) is 0 Å². The zero-order valence-electron chi connectivity index (χ0n) is 12.3. The number of nitrogens with zero attached hydrogens (tertiary/aromatic N) is 1. The Morgan fingerprint density at radius 2 is 2.05 bits per heavy atom. The first-order chi connectivity index (χ1) is 10.2. The maximum absolute atomic E-state index is 13.5. The first kappa shape index (κ1) is 16.9. The summed E-state index contributed by atoms with van der Waals surface area (Å²) in [7, 11) is 3.15. The summed E-state index contributed by atoms with van der Waals surface area (Å²) in [6, 6.07) is 6.49. The van der Waals surface area contributed by atoms with Crippen molar-refractivity contribution < 1.29 is 13.9 Å². The van der Waals surface area contributed by atoms with Crippen LogP contribution in [0.4, 0.5) is 4.39 Å². The molecule has 116 valence electrons. The van der Waals surface area contributed by atoms with Crippen LogP contribution in [0.1, 0.15) is 5.56 Å². The number of halogens is 1. The minimum absolute atomic E-state index is 0.0840. The molecule has 7 heteroatoms. The summed E-state index contributed by atoms with van der Waals surface area (Å²) in [4.78, 5) is 15.5. The molecule has 0 aliphatic rings. The third-order valence-corrected chi connectivity index (χ3v) is 2.67. The lowest BCUT2D eigenvalue weighted by Crippen LogP contribution is -2.43. The number of hydrogen-bond donors (Lipinski definition) is 3. The number of amides is 1. The van der Waals surface area contributed by atoms with Crippen molar-refractivity contribution in [2.75, 3.05) is 33.9 Å². The summed E-state index contributed by atoms with van der Waals surface area (Å²) < 4.78 is 18.3. The quantitative estimate of drug-likeness (QED) is 0.383. The van der Waals surface area contributed by atoms with Crippen LogP contribution in [0.3, 0.4) is 0 Å². The SMILES string of the molecule is CN=C(NCC(=O)NCCOC)NCc1ccccc1F. The van der Waals surface area contributed by atoms with Crippen molar-refractivity contribution >= 4 is 11.9 Å². The Bertz CT molecular complexity index is 480. The summed E-state index contributed by atoms with van der Waals surface area (Å²) in [5.74, 6) is -0.0150. The standard InChI is InChI=1S/C14H21FN4O2/c1-16-14(19-10-13(20)17-7-8-21-2)18-9-11-5-3-4-6-12(11)15/h3-6H,7-10H2,1-2H3,(H,17,20)(H2,16,18,19). The van der Waals surface area contributed by atoms with Crippen molar-refractivity contribution in [3.05, 3.63) is 35.6 Å². The maximum atomic E-state index is 13.5. The first-order valence-electron chi connectivity index (χ1n) is 6.61. The van der Waals surface area contributed by atoms with Gasteiger partial charge in [0.25, 0.3) is 0 Å². The van der Waals surface area contributed by atoms with Gasteiger partial charge in [0.15, 0.2) is 5.96 Å². The average Bonchev–Trinajstić information content (AvgIpc) is 2.49. The number of guanidine groups is 1. The van der Waals surface area contributed by atoms with Gasteiger partial charge in [-0.05, 0) is 6.07 Å². The summed E-state index contributed by atoms with van der Waals surface area (Å²) in [5.41, 5.74) is 0.532. The lowest BCUT2D eigenvalue weighted by molar-refractivity contribution is -0.120. The van der Waals surface area contributed by atoms with Crippen molar-refractivity contribution in [2.45, 2.75) is 6.54 Å². The summed E-state index contributed by atoms with van der Waals surface area (Å²) in [5, 5.41) is 8.47. The van der Waals surface area contributed by atoms with E-state index in [4.69, 9.17) is 4.74 Å². The van der Waals surface area contributed by atoms with E-state index in [0.717, 1.165) is 0 Å². The Morgan fingerprint density at radius 3 is 2.71 bits per heavy atom. The third-order valence-electron chi connectivity index (χ3n) is 2.67. The van der Waals surface area contributed by atoms with Crippen LogP contribution in [-0.4, -0.2) is 45.7 Å².